The number of allylic oxidation sites excluding steroid dienone is 2. The van der Waals surface area contributed by atoms with Crippen LogP contribution in [0, 0.1) is 0 Å². The molecular weight excluding hydrogens is 258 g/mol. The van der Waals surface area contributed by atoms with Gasteiger partial charge in [-0.2, -0.15) is 0 Å². The molecule has 2 rings (SSSR count). The molecule has 102 valence electrons. The van der Waals surface area contributed by atoms with Crippen LogP contribution in [-0.4, -0.2) is 28.1 Å². The monoisotopic (exact) mass is 277 g/mol. The van der Waals surface area contributed by atoms with E-state index >= 15 is 0 Å². The maximum absolute atomic E-state index is 12.3. The van der Waals surface area contributed by atoms with Crippen LogP contribution in [0.25, 0.3) is 0 Å². The Kier molecular flexibility index (Phi) is 4.85. The predicted octanol–water partition coefficient (Wildman–Crippen LogP) is 2.67. The highest BCUT2D eigenvalue weighted by molar-refractivity contribution is 8.00. The number of amides is 1. The molecule has 0 saturated heterocycles. The lowest BCUT2D eigenvalue weighted by Gasteiger charge is -2.22. The van der Waals surface area contributed by atoms with Gasteiger partial charge in [0.1, 0.15) is 0 Å². The van der Waals surface area contributed by atoms with Gasteiger partial charge in [-0.15, -0.1) is 11.8 Å². The predicted molar refractivity (Wildman–Crippen MR) is 78.7 cm³/mol. The minimum absolute atomic E-state index is 0.150. The highest BCUT2D eigenvalue weighted by atomic mass is 32.2. The molecule has 1 aliphatic rings. The molecule has 0 fully saturated rings. The molecule has 1 heterocycles. The first-order chi connectivity index (χ1) is 9.22. The topological polar surface area (TPSA) is 59.2 Å². The van der Waals surface area contributed by atoms with E-state index in [-0.39, 0.29) is 5.91 Å². The molecule has 1 aromatic rings. The summed E-state index contributed by atoms with van der Waals surface area (Å²) in [5.74, 6) is 0.566. The Bertz CT molecular complexity index is 487. The number of hydrogen-bond donors (Lipinski definition) is 1. The van der Waals surface area contributed by atoms with E-state index in [1.807, 2.05) is 17.9 Å². The molecular formula is C14H19N3OS. The largest absolute Gasteiger partial charge is 0.397 e. The Morgan fingerprint density at radius 3 is 3.05 bits per heavy atom. The number of thioether (sulfide) groups is 1. The van der Waals surface area contributed by atoms with Crippen LogP contribution in [0.1, 0.15) is 26.2 Å². The summed E-state index contributed by atoms with van der Waals surface area (Å²) in [5, 5.41) is 0. The number of pyridine rings is 1. The van der Waals surface area contributed by atoms with Gasteiger partial charge in [-0.3, -0.25) is 9.78 Å². The SMILES string of the molecule is CCN(C(=O)CSc1ccncc1N)C1=CCCC1. The van der Waals surface area contributed by atoms with Crippen LogP contribution in [0.15, 0.2) is 35.1 Å². The Hall–Kier alpha value is -1.49. The summed E-state index contributed by atoms with van der Waals surface area (Å²) in [6.07, 6.45) is 8.74. The molecule has 1 amide bonds. The molecule has 1 aromatic heterocycles. The number of nitrogen functional groups attached to an aromatic ring is 1. The Morgan fingerprint density at radius 1 is 1.58 bits per heavy atom. The van der Waals surface area contributed by atoms with Crippen LogP contribution < -0.4 is 5.73 Å². The van der Waals surface area contributed by atoms with Gasteiger partial charge in [0.25, 0.3) is 0 Å². The van der Waals surface area contributed by atoms with Crippen LogP contribution >= 0.6 is 11.8 Å². The van der Waals surface area contributed by atoms with Gasteiger partial charge in [0.15, 0.2) is 0 Å². The zero-order chi connectivity index (χ0) is 13.7. The van der Waals surface area contributed by atoms with Crippen LogP contribution in [-0.2, 0) is 4.79 Å². The lowest BCUT2D eigenvalue weighted by atomic mass is 10.3. The summed E-state index contributed by atoms with van der Waals surface area (Å²) in [6.45, 7) is 2.75. The maximum Gasteiger partial charge on any atom is 0.237 e. The van der Waals surface area contributed by atoms with Crippen LogP contribution in [0.3, 0.4) is 0 Å². The van der Waals surface area contributed by atoms with E-state index < -0.39 is 0 Å². The Balaban J connectivity index is 1.95. The smallest absolute Gasteiger partial charge is 0.237 e. The number of carbonyl (C=O) groups is 1. The molecule has 0 radical (unpaired) electrons. The van der Waals surface area contributed by atoms with E-state index in [9.17, 15) is 4.79 Å². The van der Waals surface area contributed by atoms with E-state index in [4.69, 9.17) is 5.73 Å². The zero-order valence-electron chi connectivity index (χ0n) is 11.1. The average Bonchev–Trinajstić information content (AvgIpc) is 2.92. The number of aromatic nitrogens is 1. The summed E-state index contributed by atoms with van der Waals surface area (Å²) in [7, 11) is 0. The van der Waals surface area contributed by atoms with Crippen molar-refractivity contribution in [2.75, 3.05) is 18.0 Å². The summed E-state index contributed by atoms with van der Waals surface area (Å²) >= 11 is 1.47. The molecule has 1 aliphatic carbocycles. The van der Waals surface area contributed by atoms with Gasteiger partial charge >= 0.3 is 0 Å². The first-order valence-electron chi connectivity index (χ1n) is 6.54. The van der Waals surface area contributed by atoms with Gasteiger partial charge in [0, 0.05) is 23.3 Å². The van der Waals surface area contributed by atoms with Crippen molar-refractivity contribution >= 4 is 23.4 Å². The summed E-state index contributed by atoms with van der Waals surface area (Å²) < 4.78 is 0. The van der Waals surface area contributed by atoms with Gasteiger partial charge in [0.2, 0.25) is 5.91 Å². The average molecular weight is 277 g/mol. The summed E-state index contributed by atoms with van der Waals surface area (Å²) in [5.41, 5.74) is 7.62. The standard InChI is InChI=1S/C14H19N3OS/c1-2-17(11-5-3-4-6-11)14(18)10-19-13-7-8-16-9-12(13)15/h5,7-9H,2-4,6,10,15H2,1H3. The fourth-order valence-electron chi connectivity index (χ4n) is 2.18. The first-order valence-corrected chi connectivity index (χ1v) is 7.52. The molecule has 0 aromatic carbocycles. The van der Waals surface area contributed by atoms with Gasteiger partial charge in [-0.25, -0.2) is 0 Å². The van der Waals surface area contributed by atoms with Crippen LogP contribution in [0.2, 0.25) is 0 Å². The number of nitrogens with two attached hydrogens (primary N) is 1. The van der Waals surface area contributed by atoms with E-state index in [1.165, 1.54) is 17.5 Å². The molecule has 5 heteroatoms. The molecule has 0 aliphatic heterocycles. The molecule has 0 spiro atoms. The van der Waals surface area contributed by atoms with Gasteiger partial charge in [-0.1, -0.05) is 6.08 Å². The number of carbonyl (C=O) groups excluding carboxylic acids is 1. The maximum atomic E-state index is 12.3. The second-order valence-corrected chi connectivity index (χ2v) is 5.45. The van der Waals surface area contributed by atoms with Crippen molar-refractivity contribution in [1.29, 1.82) is 0 Å². The minimum Gasteiger partial charge on any atom is -0.397 e. The van der Waals surface area contributed by atoms with E-state index in [1.54, 1.807) is 12.4 Å². The third-order valence-corrected chi connectivity index (χ3v) is 4.22. The normalized spacial score (nSPS) is 14.3. The van der Waals surface area contributed by atoms with Crippen molar-refractivity contribution in [3.63, 3.8) is 0 Å². The first kappa shape index (κ1) is 13.9. The second kappa shape index (κ2) is 6.61. The molecule has 0 bridgehead atoms. The molecule has 0 saturated carbocycles. The van der Waals surface area contributed by atoms with Gasteiger partial charge in [0.05, 0.1) is 17.6 Å². The van der Waals surface area contributed by atoms with Gasteiger partial charge < -0.3 is 10.6 Å². The molecule has 0 unspecified atom stereocenters. The molecule has 19 heavy (non-hydrogen) atoms. The number of anilines is 1. The Morgan fingerprint density at radius 2 is 2.42 bits per heavy atom. The van der Waals surface area contributed by atoms with E-state index in [2.05, 4.69) is 11.1 Å². The van der Waals surface area contributed by atoms with E-state index in [0.717, 1.165) is 30.7 Å². The summed E-state index contributed by atoms with van der Waals surface area (Å²) in [6, 6.07) is 1.85. The third kappa shape index (κ3) is 3.50. The highest BCUT2D eigenvalue weighted by Gasteiger charge is 2.18. The number of hydrogen-bond acceptors (Lipinski definition) is 4. The van der Waals surface area contributed by atoms with Crippen LogP contribution in [0.4, 0.5) is 5.69 Å². The van der Waals surface area contributed by atoms with Crippen molar-refractivity contribution in [2.24, 2.45) is 0 Å². The fraction of sp³-hybridized carbons (Fsp3) is 0.429. The lowest BCUT2D eigenvalue weighted by Crippen LogP contribution is -2.31. The van der Waals surface area contributed by atoms with Crippen molar-refractivity contribution < 1.29 is 4.79 Å². The van der Waals surface area contributed by atoms with Gasteiger partial charge in [-0.05, 0) is 32.3 Å². The summed E-state index contributed by atoms with van der Waals surface area (Å²) in [4.78, 5) is 19.0. The zero-order valence-corrected chi connectivity index (χ0v) is 11.9. The molecule has 2 N–H and O–H groups in total. The third-order valence-electron chi connectivity index (χ3n) is 3.14. The minimum atomic E-state index is 0.150. The van der Waals surface area contributed by atoms with Crippen molar-refractivity contribution in [2.45, 2.75) is 31.1 Å². The highest BCUT2D eigenvalue weighted by Crippen LogP contribution is 2.26. The quantitative estimate of drug-likeness (QED) is 0.841. The van der Waals surface area contributed by atoms with Crippen molar-refractivity contribution in [1.82, 2.24) is 9.88 Å². The fourth-order valence-corrected chi connectivity index (χ4v) is 2.99. The number of nitrogens with zero attached hydrogens (tertiary/aromatic N) is 2. The molecule has 4 nitrogen and oxygen atoms in total. The lowest BCUT2D eigenvalue weighted by molar-refractivity contribution is -0.126. The van der Waals surface area contributed by atoms with Crippen molar-refractivity contribution in [3.8, 4) is 0 Å². The Labute approximate surface area is 118 Å². The number of rotatable bonds is 5. The van der Waals surface area contributed by atoms with E-state index in [0.29, 0.717) is 11.4 Å². The van der Waals surface area contributed by atoms with Crippen LogP contribution in [0.5, 0.6) is 0 Å². The van der Waals surface area contributed by atoms with Crippen molar-refractivity contribution in [3.05, 3.63) is 30.2 Å². The molecule has 0 atom stereocenters. The second-order valence-electron chi connectivity index (χ2n) is 4.43.